The second-order valence-corrected chi connectivity index (χ2v) is 7.58. The number of benzene rings is 2. The number of rotatable bonds is 11. The second-order valence-electron chi connectivity index (χ2n) is 7.58. The third kappa shape index (κ3) is 5.36. The minimum absolute atomic E-state index is 0.318. The molecule has 0 fully saturated rings. The van der Waals surface area contributed by atoms with Crippen molar-refractivity contribution in [1.29, 1.82) is 0 Å². The molecule has 1 heterocycles. The molecule has 1 aromatic heterocycles. The maximum atomic E-state index is 5.68. The molecule has 3 aromatic rings. The van der Waals surface area contributed by atoms with Crippen LogP contribution < -0.4 is 14.5 Å². The van der Waals surface area contributed by atoms with Gasteiger partial charge < -0.3 is 14.5 Å². The number of nitrogens with zero attached hydrogens (tertiary/aromatic N) is 5. The molecule has 0 bridgehead atoms. The summed E-state index contributed by atoms with van der Waals surface area (Å²) in [5.74, 6) is 0. The van der Waals surface area contributed by atoms with Gasteiger partial charge in [-0.15, -0.1) is 5.10 Å². The Balaban J connectivity index is 2.01. The van der Waals surface area contributed by atoms with E-state index in [9.17, 15) is 0 Å². The van der Waals surface area contributed by atoms with Gasteiger partial charge in [-0.1, -0.05) is 36.3 Å². The molecule has 0 amide bonds. The molecule has 32 heavy (non-hydrogen) atoms. The van der Waals surface area contributed by atoms with Gasteiger partial charge in [0.25, 0.3) is 0 Å². The van der Waals surface area contributed by atoms with Crippen molar-refractivity contribution in [2.45, 2.75) is 41.0 Å². The molecule has 0 N–H and O–H groups in total. The summed E-state index contributed by atoms with van der Waals surface area (Å²) in [4.78, 5) is 9.39. The van der Waals surface area contributed by atoms with E-state index in [4.69, 9.17) is 9.72 Å². The molecule has 0 aliphatic rings. The van der Waals surface area contributed by atoms with Gasteiger partial charge >= 0.3 is 6.01 Å². The SMILES string of the molecule is CCCOc1nnc(-c2ccc(N(CC)CC)cc2)c(-c2ccc(N(CC)CC)cc2)n1. The van der Waals surface area contributed by atoms with Crippen LogP contribution in [0.4, 0.5) is 11.4 Å². The van der Waals surface area contributed by atoms with Crippen molar-refractivity contribution in [1.82, 2.24) is 15.2 Å². The Hall–Kier alpha value is -3.15. The Morgan fingerprint density at radius 1 is 0.625 bits per heavy atom. The third-order valence-corrected chi connectivity index (χ3v) is 5.64. The van der Waals surface area contributed by atoms with Crippen molar-refractivity contribution in [3.8, 4) is 28.5 Å². The predicted molar refractivity (Wildman–Crippen MR) is 134 cm³/mol. The van der Waals surface area contributed by atoms with Crippen molar-refractivity contribution in [3.05, 3.63) is 48.5 Å². The lowest BCUT2D eigenvalue weighted by Crippen LogP contribution is -2.21. The van der Waals surface area contributed by atoms with Gasteiger partial charge in [0.15, 0.2) is 0 Å². The van der Waals surface area contributed by atoms with Crippen molar-refractivity contribution < 1.29 is 4.74 Å². The average molecular weight is 434 g/mol. The summed E-state index contributed by atoms with van der Waals surface area (Å²) in [6.07, 6.45) is 0.895. The fourth-order valence-electron chi connectivity index (χ4n) is 3.80. The molecule has 0 atom stereocenters. The first kappa shape index (κ1) is 23.5. The number of hydrogen-bond donors (Lipinski definition) is 0. The van der Waals surface area contributed by atoms with Gasteiger partial charge in [-0.3, -0.25) is 0 Å². The first-order valence-electron chi connectivity index (χ1n) is 11.7. The van der Waals surface area contributed by atoms with E-state index in [0.29, 0.717) is 12.6 Å². The minimum Gasteiger partial charge on any atom is -0.462 e. The summed E-state index contributed by atoms with van der Waals surface area (Å²) in [5.41, 5.74) is 5.94. The van der Waals surface area contributed by atoms with Crippen LogP contribution in [0, 0.1) is 0 Å². The molecular formula is C26H35N5O. The van der Waals surface area contributed by atoms with Gasteiger partial charge in [0.1, 0.15) is 11.4 Å². The molecule has 170 valence electrons. The third-order valence-electron chi connectivity index (χ3n) is 5.64. The van der Waals surface area contributed by atoms with Gasteiger partial charge in [0.2, 0.25) is 0 Å². The van der Waals surface area contributed by atoms with E-state index in [1.807, 2.05) is 0 Å². The van der Waals surface area contributed by atoms with Gasteiger partial charge in [-0.05, 0) is 58.4 Å². The lowest BCUT2D eigenvalue weighted by atomic mass is 10.0. The molecular weight excluding hydrogens is 398 g/mol. The largest absolute Gasteiger partial charge is 0.462 e. The fraction of sp³-hybridized carbons (Fsp3) is 0.423. The van der Waals surface area contributed by atoms with E-state index >= 15 is 0 Å². The number of ether oxygens (including phenoxy) is 1. The smallest absolute Gasteiger partial charge is 0.336 e. The topological polar surface area (TPSA) is 54.4 Å². The monoisotopic (exact) mass is 433 g/mol. The lowest BCUT2D eigenvalue weighted by Gasteiger charge is -2.21. The van der Waals surface area contributed by atoms with E-state index in [0.717, 1.165) is 55.1 Å². The van der Waals surface area contributed by atoms with Crippen LogP contribution >= 0.6 is 0 Å². The van der Waals surface area contributed by atoms with Crippen LogP contribution in [0.2, 0.25) is 0 Å². The Labute approximate surface area is 192 Å². The number of hydrogen-bond acceptors (Lipinski definition) is 6. The van der Waals surface area contributed by atoms with Crippen LogP contribution in [0.15, 0.2) is 48.5 Å². The van der Waals surface area contributed by atoms with Crippen LogP contribution in [0.25, 0.3) is 22.5 Å². The quantitative estimate of drug-likeness (QED) is 0.387. The molecule has 3 rings (SSSR count). The molecule has 0 unspecified atom stereocenters. The summed E-state index contributed by atoms with van der Waals surface area (Å²) in [6.45, 7) is 15.2. The molecule has 0 saturated carbocycles. The first-order valence-corrected chi connectivity index (χ1v) is 11.7. The predicted octanol–water partition coefficient (Wildman–Crippen LogP) is 5.69. The highest BCUT2D eigenvalue weighted by Gasteiger charge is 2.15. The minimum atomic E-state index is 0.318. The highest BCUT2D eigenvalue weighted by molar-refractivity contribution is 5.79. The molecule has 0 radical (unpaired) electrons. The fourth-order valence-corrected chi connectivity index (χ4v) is 3.80. The summed E-state index contributed by atoms with van der Waals surface area (Å²) in [7, 11) is 0. The van der Waals surface area contributed by atoms with Crippen molar-refractivity contribution in [2.75, 3.05) is 42.6 Å². The molecule has 0 saturated heterocycles. The van der Waals surface area contributed by atoms with E-state index in [2.05, 4.69) is 103 Å². The lowest BCUT2D eigenvalue weighted by molar-refractivity contribution is 0.288. The van der Waals surface area contributed by atoms with Crippen LogP contribution in [0.3, 0.4) is 0 Å². The Morgan fingerprint density at radius 3 is 1.53 bits per heavy atom. The van der Waals surface area contributed by atoms with E-state index in [1.165, 1.54) is 11.4 Å². The summed E-state index contributed by atoms with van der Waals surface area (Å²) in [6, 6.07) is 17.3. The van der Waals surface area contributed by atoms with Crippen LogP contribution in [-0.4, -0.2) is 48.0 Å². The number of anilines is 2. The summed E-state index contributed by atoms with van der Waals surface area (Å²) >= 11 is 0. The zero-order chi connectivity index (χ0) is 22.9. The van der Waals surface area contributed by atoms with Crippen molar-refractivity contribution in [2.24, 2.45) is 0 Å². The summed E-state index contributed by atoms with van der Waals surface area (Å²) < 4.78 is 5.68. The average Bonchev–Trinajstić information content (AvgIpc) is 2.85. The normalized spacial score (nSPS) is 10.8. The maximum Gasteiger partial charge on any atom is 0.336 e. The maximum absolute atomic E-state index is 5.68. The molecule has 2 aromatic carbocycles. The molecule has 6 heteroatoms. The Morgan fingerprint density at radius 2 is 1.09 bits per heavy atom. The van der Waals surface area contributed by atoms with Crippen molar-refractivity contribution in [3.63, 3.8) is 0 Å². The Kier molecular flexibility index (Phi) is 8.42. The highest BCUT2D eigenvalue weighted by Crippen LogP contribution is 2.32. The van der Waals surface area contributed by atoms with Gasteiger partial charge in [-0.2, -0.15) is 4.98 Å². The van der Waals surface area contributed by atoms with Gasteiger partial charge in [-0.25, -0.2) is 0 Å². The van der Waals surface area contributed by atoms with E-state index in [-0.39, 0.29) is 0 Å². The van der Waals surface area contributed by atoms with Crippen LogP contribution in [-0.2, 0) is 0 Å². The number of aromatic nitrogens is 3. The summed E-state index contributed by atoms with van der Waals surface area (Å²) in [5, 5.41) is 8.76. The zero-order valence-electron chi connectivity index (χ0n) is 20.0. The second kappa shape index (κ2) is 11.5. The van der Waals surface area contributed by atoms with Gasteiger partial charge in [0.05, 0.1) is 6.61 Å². The first-order chi connectivity index (χ1) is 15.6. The molecule has 0 aliphatic carbocycles. The van der Waals surface area contributed by atoms with E-state index < -0.39 is 0 Å². The highest BCUT2D eigenvalue weighted by atomic mass is 16.5. The zero-order valence-corrected chi connectivity index (χ0v) is 20.0. The van der Waals surface area contributed by atoms with Gasteiger partial charge in [0, 0.05) is 48.7 Å². The molecule has 6 nitrogen and oxygen atoms in total. The molecule has 0 spiro atoms. The standard InChI is InChI=1S/C26H35N5O/c1-6-19-32-26-27-24(20-11-15-22(16-12-20)30(7-2)8-3)25(28-29-26)21-13-17-23(18-14-21)31(9-4)10-5/h11-18H,6-10,19H2,1-5H3. The van der Waals surface area contributed by atoms with E-state index in [1.54, 1.807) is 0 Å². The van der Waals surface area contributed by atoms with Crippen LogP contribution in [0.1, 0.15) is 41.0 Å². The Bertz CT molecular complexity index is 965. The van der Waals surface area contributed by atoms with Crippen molar-refractivity contribution >= 4 is 11.4 Å². The molecule has 0 aliphatic heterocycles. The van der Waals surface area contributed by atoms with Crippen LogP contribution in [0.5, 0.6) is 6.01 Å².